The van der Waals surface area contributed by atoms with Gasteiger partial charge in [-0.1, -0.05) is 114 Å². The molecule has 1 N–H and O–H groups in total. The topological polar surface area (TPSA) is 23.5 Å². The molecule has 0 aliphatic rings. The minimum absolute atomic E-state index is 0.117. The first-order chi connectivity index (χ1) is 15.0. The maximum Gasteiger partial charge on any atom is 0.123 e. The lowest BCUT2D eigenvalue weighted by Gasteiger charge is -2.30. The quantitative estimate of drug-likeness (QED) is 0.428. The Kier molecular flexibility index (Phi) is 7.46. The van der Waals surface area contributed by atoms with Crippen molar-refractivity contribution < 1.29 is 5.11 Å². The van der Waals surface area contributed by atoms with E-state index in [1.165, 1.54) is 16.7 Å². The molecule has 0 radical (unpaired) electrons. The van der Waals surface area contributed by atoms with Crippen LogP contribution < -0.4 is 0 Å². The molecule has 0 heterocycles. The van der Waals surface area contributed by atoms with Gasteiger partial charge >= 0.3 is 0 Å². The summed E-state index contributed by atoms with van der Waals surface area (Å²) in [5, 5.41) is 11.1. The average Bonchev–Trinajstić information content (AvgIpc) is 2.73. The Morgan fingerprint density at radius 1 is 0.625 bits per heavy atom. The number of aromatic hydroxyl groups is 1. The summed E-state index contributed by atoms with van der Waals surface area (Å²) in [7, 11) is 0. The second-order valence-electron chi connectivity index (χ2n) is 11.0. The van der Waals surface area contributed by atoms with Gasteiger partial charge in [0.2, 0.25) is 0 Å². The summed E-state index contributed by atoms with van der Waals surface area (Å²) in [6.07, 6.45) is 1.02. The highest BCUT2D eigenvalue weighted by Gasteiger charge is 2.26. The first kappa shape index (κ1) is 24.1. The zero-order chi connectivity index (χ0) is 23.4. The van der Waals surface area contributed by atoms with E-state index < -0.39 is 0 Å². The van der Waals surface area contributed by atoms with E-state index in [4.69, 9.17) is 0 Å². The van der Waals surface area contributed by atoms with Crippen molar-refractivity contribution in [2.24, 2.45) is 0 Å². The summed E-state index contributed by atoms with van der Waals surface area (Å²) in [5.41, 5.74) is 5.78. The predicted octanol–water partition coefficient (Wildman–Crippen LogP) is 7.23. The van der Waals surface area contributed by atoms with Crippen molar-refractivity contribution in [1.82, 2.24) is 4.90 Å². The van der Waals surface area contributed by atoms with Crippen LogP contribution in [-0.2, 0) is 30.3 Å². The van der Waals surface area contributed by atoms with E-state index in [2.05, 4.69) is 119 Å². The minimum Gasteiger partial charge on any atom is -0.507 e. The Hall–Kier alpha value is -2.58. The van der Waals surface area contributed by atoms with Crippen molar-refractivity contribution in [3.63, 3.8) is 0 Å². The van der Waals surface area contributed by atoms with Crippen molar-refractivity contribution in [3.05, 3.63) is 101 Å². The normalized spacial score (nSPS) is 12.3. The SMILES string of the molecule is CC(C)(C)c1cc(CN(CCc2ccccc2)Cc2ccccc2)cc(C(C)(C)C)c1O. The molecule has 3 rings (SSSR count). The number of nitrogens with zero attached hydrogens (tertiary/aromatic N) is 1. The monoisotopic (exact) mass is 429 g/mol. The van der Waals surface area contributed by atoms with E-state index in [1.807, 2.05) is 0 Å². The zero-order valence-electron chi connectivity index (χ0n) is 20.7. The van der Waals surface area contributed by atoms with Crippen LogP contribution in [-0.4, -0.2) is 16.6 Å². The Morgan fingerprint density at radius 2 is 1.06 bits per heavy atom. The fourth-order valence-electron chi connectivity index (χ4n) is 4.17. The van der Waals surface area contributed by atoms with Gasteiger partial charge in [0.1, 0.15) is 5.75 Å². The molecule has 0 atom stereocenters. The Balaban J connectivity index is 1.93. The first-order valence-corrected chi connectivity index (χ1v) is 11.7. The van der Waals surface area contributed by atoms with Crippen LogP contribution >= 0.6 is 0 Å². The summed E-state index contributed by atoms with van der Waals surface area (Å²) in [6, 6.07) is 25.8. The molecule has 0 unspecified atom stereocenters. The van der Waals surface area contributed by atoms with Gasteiger partial charge in [-0.05, 0) is 45.1 Å². The maximum atomic E-state index is 11.1. The molecule has 2 heteroatoms. The minimum atomic E-state index is -0.117. The number of hydrogen-bond acceptors (Lipinski definition) is 2. The van der Waals surface area contributed by atoms with Gasteiger partial charge in [0.25, 0.3) is 0 Å². The molecule has 0 aliphatic heterocycles. The highest BCUT2D eigenvalue weighted by molar-refractivity contribution is 5.50. The highest BCUT2D eigenvalue weighted by atomic mass is 16.3. The predicted molar refractivity (Wildman–Crippen MR) is 136 cm³/mol. The number of phenolic OH excluding ortho intramolecular Hbond substituents is 1. The third-order valence-electron chi connectivity index (χ3n) is 6.00. The Morgan fingerprint density at radius 3 is 1.53 bits per heavy atom. The van der Waals surface area contributed by atoms with Gasteiger partial charge in [0.15, 0.2) is 0 Å². The van der Waals surface area contributed by atoms with Crippen molar-refractivity contribution in [1.29, 1.82) is 0 Å². The number of rotatable bonds is 7. The highest BCUT2D eigenvalue weighted by Crippen LogP contribution is 2.40. The van der Waals surface area contributed by atoms with Gasteiger partial charge in [-0.25, -0.2) is 0 Å². The second kappa shape index (κ2) is 9.92. The fraction of sp³-hybridized carbons (Fsp3) is 0.400. The lowest BCUT2D eigenvalue weighted by atomic mass is 9.78. The van der Waals surface area contributed by atoms with Crippen molar-refractivity contribution in [2.45, 2.75) is 71.9 Å². The van der Waals surface area contributed by atoms with Crippen LogP contribution in [0.4, 0.5) is 0 Å². The molecular weight excluding hydrogens is 390 g/mol. The lowest BCUT2D eigenvalue weighted by Crippen LogP contribution is -2.26. The number of hydrogen-bond donors (Lipinski definition) is 1. The number of benzene rings is 3. The smallest absolute Gasteiger partial charge is 0.123 e. The van der Waals surface area contributed by atoms with Crippen molar-refractivity contribution >= 4 is 0 Å². The summed E-state index contributed by atoms with van der Waals surface area (Å²) in [5.74, 6) is 0.452. The van der Waals surface area contributed by atoms with E-state index in [1.54, 1.807) is 0 Å². The zero-order valence-corrected chi connectivity index (χ0v) is 20.7. The van der Waals surface area contributed by atoms with Gasteiger partial charge in [-0.2, -0.15) is 0 Å². The first-order valence-electron chi connectivity index (χ1n) is 11.7. The van der Waals surface area contributed by atoms with E-state index >= 15 is 0 Å². The molecule has 170 valence electrons. The second-order valence-corrected chi connectivity index (χ2v) is 11.0. The summed E-state index contributed by atoms with van der Waals surface area (Å²) < 4.78 is 0. The fourth-order valence-corrected chi connectivity index (χ4v) is 4.17. The van der Waals surface area contributed by atoms with E-state index in [0.717, 1.165) is 37.2 Å². The molecule has 0 saturated heterocycles. The van der Waals surface area contributed by atoms with Crippen LogP contribution in [0.2, 0.25) is 0 Å². The van der Waals surface area contributed by atoms with Crippen molar-refractivity contribution in [2.75, 3.05) is 6.54 Å². The van der Waals surface area contributed by atoms with E-state index in [9.17, 15) is 5.11 Å². The molecule has 0 bridgehead atoms. The van der Waals surface area contributed by atoms with Gasteiger partial charge in [0, 0.05) is 19.6 Å². The average molecular weight is 430 g/mol. The summed E-state index contributed by atoms with van der Waals surface area (Å²) in [4.78, 5) is 2.52. The Bertz CT molecular complexity index is 959. The third-order valence-corrected chi connectivity index (χ3v) is 6.00. The molecule has 2 nitrogen and oxygen atoms in total. The van der Waals surface area contributed by atoms with Gasteiger partial charge in [-0.3, -0.25) is 4.90 Å². The van der Waals surface area contributed by atoms with Gasteiger partial charge in [0.05, 0.1) is 0 Å². The Labute approximate surface area is 194 Å². The molecule has 0 aromatic heterocycles. The van der Waals surface area contributed by atoms with Crippen molar-refractivity contribution in [3.8, 4) is 5.75 Å². The molecule has 0 aliphatic carbocycles. The van der Waals surface area contributed by atoms with Gasteiger partial charge in [-0.15, -0.1) is 0 Å². The van der Waals surface area contributed by atoms with Gasteiger partial charge < -0.3 is 5.11 Å². The van der Waals surface area contributed by atoms with E-state index in [0.29, 0.717) is 5.75 Å². The van der Waals surface area contributed by atoms with Crippen LogP contribution in [0.5, 0.6) is 5.75 Å². The van der Waals surface area contributed by atoms with Crippen LogP contribution in [0.25, 0.3) is 0 Å². The third kappa shape index (κ3) is 6.46. The standard InChI is InChI=1S/C30H39NO/c1-29(2,3)26-19-25(20-27(28(26)32)30(4,5)6)22-31(21-24-15-11-8-12-16-24)18-17-23-13-9-7-10-14-23/h7-16,19-20,32H,17-18,21-22H2,1-6H3. The maximum absolute atomic E-state index is 11.1. The molecular formula is C30H39NO. The molecule has 32 heavy (non-hydrogen) atoms. The molecule has 0 spiro atoms. The lowest BCUT2D eigenvalue weighted by molar-refractivity contribution is 0.259. The van der Waals surface area contributed by atoms with Crippen LogP contribution in [0.1, 0.15) is 69.4 Å². The molecule has 0 fully saturated rings. The molecule has 3 aromatic rings. The van der Waals surface area contributed by atoms with Crippen LogP contribution in [0.3, 0.4) is 0 Å². The summed E-state index contributed by atoms with van der Waals surface area (Å²) in [6.45, 7) is 15.8. The molecule has 0 amide bonds. The van der Waals surface area contributed by atoms with Crippen LogP contribution in [0, 0.1) is 0 Å². The van der Waals surface area contributed by atoms with Crippen LogP contribution in [0.15, 0.2) is 72.8 Å². The van der Waals surface area contributed by atoms with E-state index in [-0.39, 0.29) is 10.8 Å². The molecule has 0 saturated carbocycles. The number of phenols is 1. The molecule has 3 aromatic carbocycles. The largest absolute Gasteiger partial charge is 0.507 e. The summed E-state index contributed by atoms with van der Waals surface area (Å²) >= 11 is 0.